The first-order chi connectivity index (χ1) is 11.8. The van der Waals surface area contributed by atoms with E-state index in [0.717, 1.165) is 22.2 Å². The van der Waals surface area contributed by atoms with Gasteiger partial charge in [0.2, 0.25) is 0 Å². The Bertz CT molecular complexity index is 907. The Kier molecular flexibility index (Phi) is 4.91. The zero-order valence-corrected chi connectivity index (χ0v) is 14.9. The van der Waals surface area contributed by atoms with E-state index < -0.39 is 17.6 Å². The molecule has 1 amide bonds. The Balaban J connectivity index is 1.77. The summed E-state index contributed by atoms with van der Waals surface area (Å²) in [6, 6.07) is 11.8. The van der Waals surface area contributed by atoms with E-state index in [1.807, 2.05) is 24.3 Å². The lowest BCUT2D eigenvalue weighted by Crippen LogP contribution is -2.13. The molecule has 3 aromatic rings. The molecule has 3 rings (SSSR count). The van der Waals surface area contributed by atoms with Crippen molar-refractivity contribution in [2.45, 2.75) is 6.18 Å². The molecule has 0 aliphatic heterocycles. The van der Waals surface area contributed by atoms with Crippen molar-refractivity contribution < 1.29 is 18.0 Å². The molecule has 0 saturated carbocycles. The summed E-state index contributed by atoms with van der Waals surface area (Å²) in [6.07, 6.45) is -4.49. The number of benzene rings is 2. The number of nitrogens with one attached hydrogen (secondary N) is 1. The summed E-state index contributed by atoms with van der Waals surface area (Å²) in [5, 5.41) is 4.62. The van der Waals surface area contributed by atoms with Gasteiger partial charge in [-0.3, -0.25) is 10.1 Å². The van der Waals surface area contributed by atoms with Crippen LogP contribution in [0.2, 0.25) is 0 Å². The first-order valence-electron chi connectivity index (χ1n) is 7.03. The number of hydrogen-bond acceptors (Lipinski definition) is 3. The SMILES string of the molecule is O=C(Nc1nc(-c2ccc(Br)cc2)cs1)c1cccc(C(F)(F)F)c1. The third-order valence-electron chi connectivity index (χ3n) is 3.32. The van der Waals surface area contributed by atoms with Gasteiger partial charge in [0.05, 0.1) is 11.3 Å². The zero-order valence-electron chi connectivity index (χ0n) is 12.5. The largest absolute Gasteiger partial charge is 0.416 e. The maximum atomic E-state index is 12.7. The van der Waals surface area contributed by atoms with E-state index in [9.17, 15) is 18.0 Å². The lowest BCUT2D eigenvalue weighted by Gasteiger charge is -2.08. The lowest BCUT2D eigenvalue weighted by atomic mass is 10.1. The van der Waals surface area contributed by atoms with Crippen LogP contribution in [-0.2, 0) is 6.18 Å². The van der Waals surface area contributed by atoms with Gasteiger partial charge < -0.3 is 0 Å². The molecule has 1 aromatic heterocycles. The van der Waals surface area contributed by atoms with Gasteiger partial charge in [-0.25, -0.2) is 4.98 Å². The molecule has 1 N–H and O–H groups in total. The first kappa shape index (κ1) is 17.6. The molecule has 0 unspecified atom stereocenters. The molecular formula is C17H10BrF3N2OS. The number of thiazole rings is 1. The monoisotopic (exact) mass is 426 g/mol. The molecule has 2 aromatic carbocycles. The Morgan fingerprint density at radius 3 is 2.52 bits per heavy atom. The predicted octanol–water partition coefficient (Wildman–Crippen LogP) is 5.84. The minimum Gasteiger partial charge on any atom is -0.298 e. The number of anilines is 1. The van der Waals surface area contributed by atoms with Gasteiger partial charge in [-0.2, -0.15) is 13.2 Å². The van der Waals surface area contributed by atoms with Crippen molar-refractivity contribution in [2.24, 2.45) is 0 Å². The number of halogens is 4. The fourth-order valence-electron chi connectivity index (χ4n) is 2.09. The number of carbonyl (C=O) groups is 1. The van der Waals surface area contributed by atoms with Crippen LogP contribution in [0, 0.1) is 0 Å². The Morgan fingerprint density at radius 2 is 1.84 bits per heavy atom. The molecule has 0 saturated heterocycles. The van der Waals surface area contributed by atoms with E-state index in [4.69, 9.17) is 0 Å². The minimum absolute atomic E-state index is 0.0739. The molecule has 0 atom stereocenters. The van der Waals surface area contributed by atoms with E-state index in [0.29, 0.717) is 10.8 Å². The summed E-state index contributed by atoms with van der Waals surface area (Å²) in [5.41, 5.74) is 0.612. The lowest BCUT2D eigenvalue weighted by molar-refractivity contribution is -0.137. The van der Waals surface area contributed by atoms with Crippen LogP contribution in [0.5, 0.6) is 0 Å². The molecule has 0 spiro atoms. The number of nitrogens with zero attached hydrogens (tertiary/aromatic N) is 1. The smallest absolute Gasteiger partial charge is 0.298 e. The number of hydrogen-bond donors (Lipinski definition) is 1. The third kappa shape index (κ3) is 4.26. The molecule has 0 bridgehead atoms. The van der Waals surface area contributed by atoms with Crippen LogP contribution in [0.4, 0.5) is 18.3 Å². The van der Waals surface area contributed by atoms with Gasteiger partial charge in [0.25, 0.3) is 5.91 Å². The van der Waals surface area contributed by atoms with Gasteiger partial charge >= 0.3 is 6.18 Å². The summed E-state index contributed by atoms with van der Waals surface area (Å²) in [4.78, 5) is 16.5. The number of carbonyl (C=O) groups excluding carboxylic acids is 1. The van der Waals surface area contributed by atoms with Gasteiger partial charge in [-0.1, -0.05) is 34.1 Å². The van der Waals surface area contributed by atoms with Crippen LogP contribution < -0.4 is 5.32 Å². The standard InChI is InChI=1S/C17H10BrF3N2OS/c18-13-6-4-10(5-7-13)14-9-25-16(22-14)23-15(24)11-2-1-3-12(8-11)17(19,20)21/h1-9H,(H,22,23,24). The molecule has 25 heavy (non-hydrogen) atoms. The van der Waals surface area contributed by atoms with E-state index in [-0.39, 0.29) is 5.56 Å². The normalized spacial score (nSPS) is 11.4. The minimum atomic E-state index is -4.49. The van der Waals surface area contributed by atoms with Crippen LogP contribution in [0.1, 0.15) is 15.9 Å². The highest BCUT2D eigenvalue weighted by Gasteiger charge is 2.30. The Labute approximate surface area is 153 Å². The quantitative estimate of drug-likeness (QED) is 0.571. The average molecular weight is 427 g/mol. The summed E-state index contributed by atoms with van der Waals surface area (Å²) >= 11 is 4.55. The fourth-order valence-corrected chi connectivity index (χ4v) is 3.07. The third-order valence-corrected chi connectivity index (χ3v) is 4.60. The average Bonchev–Trinajstić information content (AvgIpc) is 3.03. The van der Waals surface area contributed by atoms with Crippen molar-refractivity contribution in [1.29, 1.82) is 0 Å². The van der Waals surface area contributed by atoms with Crippen molar-refractivity contribution in [2.75, 3.05) is 5.32 Å². The molecule has 0 aliphatic rings. The van der Waals surface area contributed by atoms with Gasteiger partial charge in [0, 0.05) is 21.0 Å². The molecule has 0 fully saturated rings. The van der Waals surface area contributed by atoms with E-state index >= 15 is 0 Å². The van der Waals surface area contributed by atoms with Gasteiger partial charge in [-0.05, 0) is 30.3 Å². The highest BCUT2D eigenvalue weighted by atomic mass is 79.9. The van der Waals surface area contributed by atoms with Crippen LogP contribution in [0.3, 0.4) is 0 Å². The number of alkyl halides is 3. The Hall–Kier alpha value is -2.19. The van der Waals surface area contributed by atoms with Crippen LogP contribution in [-0.4, -0.2) is 10.9 Å². The fraction of sp³-hybridized carbons (Fsp3) is 0.0588. The van der Waals surface area contributed by atoms with E-state index in [1.54, 1.807) is 5.38 Å². The molecule has 3 nitrogen and oxygen atoms in total. The number of amides is 1. The van der Waals surface area contributed by atoms with Crippen LogP contribution >= 0.6 is 27.3 Å². The number of aromatic nitrogens is 1. The highest BCUT2D eigenvalue weighted by molar-refractivity contribution is 9.10. The molecule has 128 valence electrons. The van der Waals surface area contributed by atoms with E-state index in [1.165, 1.54) is 23.5 Å². The maximum absolute atomic E-state index is 12.7. The van der Waals surface area contributed by atoms with Crippen molar-refractivity contribution in [1.82, 2.24) is 4.98 Å². The summed E-state index contributed by atoms with van der Waals surface area (Å²) in [5.74, 6) is -0.636. The maximum Gasteiger partial charge on any atom is 0.416 e. The topological polar surface area (TPSA) is 42.0 Å². The molecule has 8 heteroatoms. The second-order valence-electron chi connectivity index (χ2n) is 5.08. The summed E-state index contributed by atoms with van der Waals surface area (Å²) in [6.45, 7) is 0. The zero-order chi connectivity index (χ0) is 18.0. The molecular weight excluding hydrogens is 417 g/mol. The van der Waals surface area contributed by atoms with Gasteiger partial charge in [0.1, 0.15) is 0 Å². The van der Waals surface area contributed by atoms with Gasteiger partial charge in [-0.15, -0.1) is 11.3 Å². The van der Waals surface area contributed by atoms with Crippen LogP contribution in [0.15, 0.2) is 58.4 Å². The van der Waals surface area contributed by atoms with Crippen molar-refractivity contribution in [3.63, 3.8) is 0 Å². The highest BCUT2D eigenvalue weighted by Crippen LogP contribution is 2.30. The first-order valence-corrected chi connectivity index (χ1v) is 8.70. The second-order valence-corrected chi connectivity index (χ2v) is 6.85. The van der Waals surface area contributed by atoms with Crippen molar-refractivity contribution >= 4 is 38.3 Å². The van der Waals surface area contributed by atoms with Crippen molar-refractivity contribution in [3.8, 4) is 11.3 Å². The Morgan fingerprint density at radius 1 is 1.12 bits per heavy atom. The van der Waals surface area contributed by atoms with Crippen LogP contribution in [0.25, 0.3) is 11.3 Å². The van der Waals surface area contributed by atoms with Crippen molar-refractivity contribution in [3.05, 3.63) is 69.5 Å². The summed E-state index contributed by atoms with van der Waals surface area (Å²) < 4.78 is 39.1. The summed E-state index contributed by atoms with van der Waals surface area (Å²) in [7, 11) is 0. The molecule has 0 radical (unpaired) electrons. The van der Waals surface area contributed by atoms with Gasteiger partial charge in [0.15, 0.2) is 5.13 Å². The molecule has 1 heterocycles. The number of rotatable bonds is 3. The predicted molar refractivity (Wildman–Crippen MR) is 94.6 cm³/mol. The molecule has 0 aliphatic carbocycles. The second kappa shape index (κ2) is 6.97. The van der Waals surface area contributed by atoms with E-state index in [2.05, 4.69) is 26.2 Å².